The van der Waals surface area contributed by atoms with Crippen molar-refractivity contribution in [1.82, 2.24) is 4.90 Å². The second-order valence-corrected chi connectivity index (χ2v) is 16.3. The Labute approximate surface area is 305 Å². The maximum atomic E-state index is 13.0. The number of carbonyl (C=O) groups excluding carboxylic acids is 1. The SMILES string of the molecule is CCCCCCCCCCCCCCCCCCCCN(CCCCCCCCCCCCCCCCCCCC)C(=O)CCC(C)C. The quantitative estimate of drug-likeness (QED) is 0.0591. The molecule has 0 aromatic rings. The summed E-state index contributed by atoms with van der Waals surface area (Å²) in [5.41, 5.74) is 0. The first-order valence-corrected chi connectivity index (χ1v) is 22.9. The molecule has 2 heteroatoms. The molecule has 2 nitrogen and oxygen atoms in total. The number of rotatable bonds is 41. The first kappa shape index (κ1) is 47.5. The van der Waals surface area contributed by atoms with Crippen LogP contribution in [0.25, 0.3) is 0 Å². The van der Waals surface area contributed by atoms with E-state index in [0.717, 1.165) is 25.9 Å². The van der Waals surface area contributed by atoms with E-state index in [4.69, 9.17) is 0 Å². The minimum absolute atomic E-state index is 0.419. The molecule has 0 saturated carbocycles. The topological polar surface area (TPSA) is 20.3 Å². The standard InChI is InChI=1S/C46H93NO/c1-5-7-9-11-13-15-17-19-21-23-25-27-29-31-33-35-37-39-43-47(46(48)42-41-45(3)4)44-40-38-36-34-32-30-28-26-24-22-20-18-16-14-12-10-8-6-2/h45H,5-44H2,1-4H3. The van der Waals surface area contributed by atoms with Crippen LogP contribution in [0.15, 0.2) is 0 Å². The van der Waals surface area contributed by atoms with Crippen LogP contribution in [-0.4, -0.2) is 23.9 Å². The van der Waals surface area contributed by atoms with Gasteiger partial charge in [-0.05, 0) is 25.2 Å². The van der Waals surface area contributed by atoms with Gasteiger partial charge < -0.3 is 4.90 Å². The molecule has 0 aromatic heterocycles. The van der Waals surface area contributed by atoms with Gasteiger partial charge in [0.25, 0.3) is 0 Å². The van der Waals surface area contributed by atoms with Gasteiger partial charge >= 0.3 is 0 Å². The molecule has 48 heavy (non-hydrogen) atoms. The van der Waals surface area contributed by atoms with Crippen molar-refractivity contribution in [3.8, 4) is 0 Å². The van der Waals surface area contributed by atoms with Crippen LogP contribution in [0.1, 0.15) is 272 Å². The molecule has 0 heterocycles. The van der Waals surface area contributed by atoms with Gasteiger partial charge in [0.15, 0.2) is 0 Å². The summed E-state index contributed by atoms with van der Waals surface area (Å²) < 4.78 is 0. The van der Waals surface area contributed by atoms with E-state index in [0.29, 0.717) is 11.8 Å². The van der Waals surface area contributed by atoms with Crippen molar-refractivity contribution in [2.75, 3.05) is 13.1 Å². The lowest BCUT2D eigenvalue weighted by molar-refractivity contribution is -0.131. The number of nitrogens with zero attached hydrogens (tertiary/aromatic N) is 1. The minimum atomic E-state index is 0.419. The molecular formula is C46H93NO. The third-order valence-electron chi connectivity index (χ3n) is 10.9. The fourth-order valence-corrected chi connectivity index (χ4v) is 7.34. The van der Waals surface area contributed by atoms with Crippen LogP contribution in [0.2, 0.25) is 0 Å². The maximum absolute atomic E-state index is 13.0. The lowest BCUT2D eigenvalue weighted by atomic mass is 10.0. The molecule has 288 valence electrons. The molecule has 0 saturated heterocycles. The number of carbonyl (C=O) groups is 1. The van der Waals surface area contributed by atoms with Crippen LogP contribution in [0.4, 0.5) is 0 Å². The number of hydrogen-bond acceptors (Lipinski definition) is 1. The first-order chi connectivity index (χ1) is 23.6. The van der Waals surface area contributed by atoms with Gasteiger partial charge in [-0.3, -0.25) is 4.79 Å². The highest BCUT2D eigenvalue weighted by Crippen LogP contribution is 2.17. The highest BCUT2D eigenvalue weighted by Gasteiger charge is 2.13. The fraction of sp³-hybridized carbons (Fsp3) is 0.978. The van der Waals surface area contributed by atoms with Crippen molar-refractivity contribution >= 4 is 5.91 Å². The summed E-state index contributed by atoms with van der Waals surface area (Å²) in [4.78, 5) is 15.2. The summed E-state index contributed by atoms with van der Waals surface area (Å²) >= 11 is 0. The van der Waals surface area contributed by atoms with Crippen LogP contribution in [-0.2, 0) is 4.79 Å². The lowest BCUT2D eigenvalue weighted by Crippen LogP contribution is -2.33. The Morgan fingerprint density at radius 1 is 0.354 bits per heavy atom. The molecule has 0 aliphatic heterocycles. The van der Waals surface area contributed by atoms with Crippen LogP contribution in [0, 0.1) is 5.92 Å². The zero-order valence-electron chi connectivity index (χ0n) is 34.2. The van der Waals surface area contributed by atoms with E-state index in [1.807, 2.05) is 0 Å². The smallest absolute Gasteiger partial charge is 0.222 e. The van der Waals surface area contributed by atoms with Gasteiger partial charge in [-0.1, -0.05) is 246 Å². The molecule has 0 atom stereocenters. The van der Waals surface area contributed by atoms with Crippen LogP contribution < -0.4 is 0 Å². The van der Waals surface area contributed by atoms with Gasteiger partial charge in [0.2, 0.25) is 5.91 Å². The Balaban J connectivity index is 3.70. The lowest BCUT2D eigenvalue weighted by Gasteiger charge is -2.23. The second-order valence-electron chi connectivity index (χ2n) is 16.3. The van der Waals surface area contributed by atoms with E-state index in [1.54, 1.807) is 0 Å². The van der Waals surface area contributed by atoms with Crippen molar-refractivity contribution in [3.63, 3.8) is 0 Å². The average Bonchev–Trinajstić information content (AvgIpc) is 3.08. The van der Waals surface area contributed by atoms with E-state index in [9.17, 15) is 4.79 Å². The summed E-state index contributed by atoms with van der Waals surface area (Å²) in [7, 11) is 0. The van der Waals surface area contributed by atoms with Gasteiger partial charge in [-0.2, -0.15) is 0 Å². The third-order valence-corrected chi connectivity index (χ3v) is 10.9. The highest BCUT2D eigenvalue weighted by molar-refractivity contribution is 5.76. The Morgan fingerprint density at radius 2 is 0.562 bits per heavy atom. The van der Waals surface area contributed by atoms with Crippen molar-refractivity contribution in [1.29, 1.82) is 0 Å². The van der Waals surface area contributed by atoms with E-state index in [1.165, 1.54) is 231 Å². The monoisotopic (exact) mass is 676 g/mol. The van der Waals surface area contributed by atoms with E-state index >= 15 is 0 Å². The summed E-state index contributed by atoms with van der Waals surface area (Å²) in [6, 6.07) is 0. The van der Waals surface area contributed by atoms with Gasteiger partial charge in [0.05, 0.1) is 0 Å². The first-order valence-electron chi connectivity index (χ1n) is 22.9. The molecular weight excluding hydrogens is 583 g/mol. The number of unbranched alkanes of at least 4 members (excludes halogenated alkanes) is 34. The van der Waals surface area contributed by atoms with Gasteiger partial charge in [-0.25, -0.2) is 0 Å². The molecule has 0 radical (unpaired) electrons. The molecule has 0 fully saturated rings. The summed E-state index contributed by atoms with van der Waals surface area (Å²) in [6.45, 7) is 11.1. The van der Waals surface area contributed by atoms with E-state index in [2.05, 4.69) is 32.6 Å². The van der Waals surface area contributed by atoms with Gasteiger partial charge in [0, 0.05) is 19.5 Å². The zero-order valence-corrected chi connectivity index (χ0v) is 34.2. The van der Waals surface area contributed by atoms with E-state index < -0.39 is 0 Å². The molecule has 0 N–H and O–H groups in total. The predicted octanol–water partition coefficient (Wildman–Crippen LogP) is 16.3. The summed E-state index contributed by atoms with van der Waals surface area (Å²) in [5.74, 6) is 1.04. The van der Waals surface area contributed by atoms with Crippen molar-refractivity contribution in [2.24, 2.45) is 5.92 Å². The number of amides is 1. The molecule has 0 unspecified atom stereocenters. The molecule has 0 bridgehead atoms. The molecule has 1 amide bonds. The second kappa shape index (κ2) is 40.9. The molecule has 0 rings (SSSR count). The molecule has 0 aromatic carbocycles. The van der Waals surface area contributed by atoms with Crippen molar-refractivity contribution < 1.29 is 4.79 Å². The van der Waals surface area contributed by atoms with Crippen molar-refractivity contribution in [3.05, 3.63) is 0 Å². The van der Waals surface area contributed by atoms with E-state index in [-0.39, 0.29) is 0 Å². The normalized spacial score (nSPS) is 11.6. The van der Waals surface area contributed by atoms with Crippen LogP contribution in [0.5, 0.6) is 0 Å². The Hall–Kier alpha value is -0.530. The Morgan fingerprint density at radius 3 is 0.771 bits per heavy atom. The fourth-order valence-electron chi connectivity index (χ4n) is 7.34. The minimum Gasteiger partial charge on any atom is -0.343 e. The predicted molar refractivity (Wildman–Crippen MR) is 218 cm³/mol. The molecule has 0 aliphatic rings. The summed E-state index contributed by atoms with van der Waals surface area (Å²) in [6.07, 6.45) is 52.6. The Kier molecular flexibility index (Phi) is 40.4. The largest absolute Gasteiger partial charge is 0.343 e. The van der Waals surface area contributed by atoms with Crippen molar-refractivity contribution in [2.45, 2.75) is 272 Å². The summed E-state index contributed by atoms with van der Waals surface area (Å²) in [5, 5.41) is 0. The average molecular weight is 676 g/mol. The highest BCUT2D eigenvalue weighted by atomic mass is 16.2. The molecule has 0 spiro atoms. The van der Waals surface area contributed by atoms with Crippen LogP contribution in [0.3, 0.4) is 0 Å². The number of hydrogen-bond donors (Lipinski definition) is 0. The third kappa shape index (κ3) is 38.3. The Bertz CT molecular complexity index is 561. The zero-order chi connectivity index (χ0) is 35.0. The van der Waals surface area contributed by atoms with Crippen LogP contribution >= 0.6 is 0 Å². The molecule has 0 aliphatic carbocycles. The maximum Gasteiger partial charge on any atom is 0.222 e. The van der Waals surface area contributed by atoms with Gasteiger partial charge in [-0.15, -0.1) is 0 Å². The van der Waals surface area contributed by atoms with Gasteiger partial charge in [0.1, 0.15) is 0 Å².